The summed E-state index contributed by atoms with van der Waals surface area (Å²) in [6.45, 7) is 5.50. The average Bonchev–Trinajstić information content (AvgIpc) is 2.44. The molecule has 1 aromatic heterocycles. The third-order valence-corrected chi connectivity index (χ3v) is 3.58. The number of nitrogens with one attached hydrogen (secondary N) is 1. The molecule has 0 unspecified atom stereocenters. The van der Waals surface area contributed by atoms with Gasteiger partial charge in [-0.2, -0.15) is 0 Å². The van der Waals surface area contributed by atoms with Gasteiger partial charge in [-0.3, -0.25) is 0 Å². The Morgan fingerprint density at radius 2 is 2.00 bits per heavy atom. The summed E-state index contributed by atoms with van der Waals surface area (Å²) in [5.74, 6) is -0.344. The number of aryl methyl sites for hydroxylation is 1. The molecule has 0 amide bonds. The molecular formula is C16H19F3N2O2. The van der Waals surface area contributed by atoms with Crippen molar-refractivity contribution in [3.8, 4) is 5.75 Å². The van der Waals surface area contributed by atoms with E-state index >= 15 is 0 Å². The van der Waals surface area contributed by atoms with Gasteiger partial charge in [0.05, 0.1) is 5.60 Å². The van der Waals surface area contributed by atoms with E-state index in [4.69, 9.17) is 0 Å². The minimum atomic E-state index is -4.78. The van der Waals surface area contributed by atoms with Gasteiger partial charge in [-0.25, -0.2) is 4.98 Å². The number of aliphatic hydroxyl groups is 1. The standard InChI is InChI=1S/C16H19F3N2O2/c1-4-15(3,22)9-20-12-8-10(2)21-14-11(12)6-5-7-13(14)23-16(17,18)19/h5-8,22H,4,9H2,1-3H3,(H,20,21)/t15-/m1/s1. The van der Waals surface area contributed by atoms with Crippen molar-refractivity contribution in [3.63, 3.8) is 0 Å². The maximum absolute atomic E-state index is 12.5. The first kappa shape index (κ1) is 17.3. The highest BCUT2D eigenvalue weighted by atomic mass is 19.4. The van der Waals surface area contributed by atoms with E-state index in [1.165, 1.54) is 12.1 Å². The Hall–Kier alpha value is -2.02. The van der Waals surface area contributed by atoms with Crippen LogP contribution in [0.2, 0.25) is 0 Å². The van der Waals surface area contributed by atoms with Gasteiger partial charge in [-0.05, 0) is 32.4 Å². The Balaban J connectivity index is 2.44. The highest BCUT2D eigenvalue weighted by molar-refractivity contribution is 5.95. The van der Waals surface area contributed by atoms with Crippen LogP contribution in [0.15, 0.2) is 24.3 Å². The van der Waals surface area contributed by atoms with Gasteiger partial charge in [0.15, 0.2) is 5.75 Å². The molecule has 7 heteroatoms. The minimum absolute atomic E-state index is 0.128. The number of aromatic nitrogens is 1. The van der Waals surface area contributed by atoms with Gasteiger partial charge in [0.25, 0.3) is 0 Å². The average molecular weight is 328 g/mol. The van der Waals surface area contributed by atoms with E-state index in [0.717, 1.165) is 0 Å². The highest BCUT2D eigenvalue weighted by Crippen LogP contribution is 2.33. The van der Waals surface area contributed by atoms with Crippen LogP contribution in [0, 0.1) is 6.92 Å². The lowest BCUT2D eigenvalue weighted by atomic mass is 10.0. The second-order valence-electron chi connectivity index (χ2n) is 5.72. The van der Waals surface area contributed by atoms with Crippen molar-refractivity contribution < 1.29 is 23.0 Å². The number of halogens is 3. The van der Waals surface area contributed by atoms with Crippen molar-refractivity contribution >= 4 is 16.6 Å². The van der Waals surface area contributed by atoms with Crippen LogP contribution in [0.25, 0.3) is 10.9 Å². The Morgan fingerprint density at radius 3 is 2.61 bits per heavy atom. The maximum atomic E-state index is 12.5. The van der Waals surface area contributed by atoms with Crippen molar-refractivity contribution in [2.24, 2.45) is 0 Å². The zero-order valence-corrected chi connectivity index (χ0v) is 13.2. The van der Waals surface area contributed by atoms with Crippen LogP contribution in [-0.2, 0) is 0 Å². The Morgan fingerprint density at radius 1 is 1.30 bits per heavy atom. The van der Waals surface area contributed by atoms with E-state index in [9.17, 15) is 18.3 Å². The molecule has 0 aliphatic heterocycles. The van der Waals surface area contributed by atoms with Crippen LogP contribution in [0.5, 0.6) is 5.75 Å². The molecule has 0 saturated carbocycles. The van der Waals surface area contributed by atoms with Crippen molar-refractivity contribution in [1.82, 2.24) is 4.98 Å². The first-order valence-corrected chi connectivity index (χ1v) is 7.24. The number of benzene rings is 1. The van der Waals surface area contributed by atoms with Crippen LogP contribution in [-0.4, -0.2) is 28.6 Å². The lowest BCUT2D eigenvalue weighted by Gasteiger charge is -2.23. The molecule has 2 rings (SSSR count). The highest BCUT2D eigenvalue weighted by Gasteiger charge is 2.32. The second kappa shape index (κ2) is 6.23. The Labute approximate surface area is 132 Å². The van der Waals surface area contributed by atoms with Gasteiger partial charge in [0, 0.05) is 23.3 Å². The van der Waals surface area contributed by atoms with Gasteiger partial charge in [0.2, 0.25) is 0 Å². The van der Waals surface area contributed by atoms with Crippen molar-refractivity contribution in [1.29, 1.82) is 0 Å². The fourth-order valence-electron chi connectivity index (χ4n) is 2.11. The molecule has 2 aromatic rings. The van der Waals surface area contributed by atoms with Crippen LogP contribution in [0.4, 0.5) is 18.9 Å². The lowest BCUT2D eigenvalue weighted by Crippen LogP contribution is -2.32. The zero-order chi connectivity index (χ0) is 17.3. The molecule has 0 aliphatic carbocycles. The van der Waals surface area contributed by atoms with Gasteiger partial charge in [0.1, 0.15) is 5.52 Å². The molecule has 23 heavy (non-hydrogen) atoms. The van der Waals surface area contributed by atoms with Gasteiger partial charge in [-0.15, -0.1) is 13.2 Å². The fourth-order valence-corrected chi connectivity index (χ4v) is 2.11. The van der Waals surface area contributed by atoms with Crippen LogP contribution < -0.4 is 10.1 Å². The SMILES string of the molecule is CC[C@@](C)(O)CNc1cc(C)nc2c(OC(F)(F)F)cccc12. The molecule has 0 spiro atoms. The van der Waals surface area contributed by atoms with Crippen molar-refractivity contribution in [2.45, 2.75) is 39.2 Å². The molecule has 0 fully saturated rings. The molecule has 1 heterocycles. The number of hydrogen-bond acceptors (Lipinski definition) is 4. The number of para-hydroxylation sites is 1. The molecule has 126 valence electrons. The third kappa shape index (κ3) is 4.48. The van der Waals surface area contributed by atoms with E-state index in [2.05, 4.69) is 15.0 Å². The summed E-state index contributed by atoms with van der Waals surface area (Å²) in [4.78, 5) is 4.16. The van der Waals surface area contributed by atoms with Gasteiger partial charge >= 0.3 is 6.36 Å². The molecule has 0 radical (unpaired) electrons. The van der Waals surface area contributed by atoms with Crippen molar-refractivity contribution in [3.05, 3.63) is 30.0 Å². The second-order valence-corrected chi connectivity index (χ2v) is 5.72. The fraction of sp³-hybridized carbons (Fsp3) is 0.438. The first-order valence-electron chi connectivity index (χ1n) is 7.24. The van der Waals surface area contributed by atoms with E-state index in [-0.39, 0.29) is 17.8 Å². The molecule has 1 aromatic carbocycles. The summed E-state index contributed by atoms with van der Waals surface area (Å²) in [5.41, 5.74) is 0.371. The predicted molar refractivity (Wildman–Crippen MR) is 82.6 cm³/mol. The molecular weight excluding hydrogens is 309 g/mol. The van der Waals surface area contributed by atoms with Crippen molar-refractivity contribution in [2.75, 3.05) is 11.9 Å². The molecule has 0 saturated heterocycles. The zero-order valence-electron chi connectivity index (χ0n) is 13.2. The number of anilines is 1. The number of fused-ring (bicyclic) bond motifs is 1. The molecule has 2 N–H and O–H groups in total. The number of ether oxygens (including phenoxy) is 1. The Bertz CT molecular complexity index is 700. The third-order valence-electron chi connectivity index (χ3n) is 3.58. The molecule has 0 bridgehead atoms. The smallest absolute Gasteiger partial charge is 0.403 e. The summed E-state index contributed by atoms with van der Waals surface area (Å²) in [6, 6.07) is 6.09. The first-order chi connectivity index (χ1) is 10.6. The van der Waals surface area contributed by atoms with E-state index < -0.39 is 12.0 Å². The van der Waals surface area contributed by atoms with Crippen LogP contribution in [0.1, 0.15) is 26.0 Å². The molecule has 4 nitrogen and oxygen atoms in total. The maximum Gasteiger partial charge on any atom is 0.573 e. The monoisotopic (exact) mass is 328 g/mol. The number of nitrogens with zero attached hydrogens (tertiary/aromatic N) is 1. The summed E-state index contributed by atoms with van der Waals surface area (Å²) in [5, 5.41) is 13.7. The van der Waals surface area contributed by atoms with Gasteiger partial charge in [-0.1, -0.05) is 19.1 Å². The summed E-state index contributed by atoms with van der Waals surface area (Å²) < 4.78 is 41.6. The predicted octanol–water partition coefficient (Wildman–Crippen LogP) is 4.01. The van der Waals surface area contributed by atoms with Crippen LogP contribution >= 0.6 is 0 Å². The topological polar surface area (TPSA) is 54.4 Å². The molecule has 0 aliphatic rings. The number of rotatable bonds is 5. The largest absolute Gasteiger partial charge is 0.573 e. The minimum Gasteiger partial charge on any atom is -0.403 e. The quantitative estimate of drug-likeness (QED) is 0.870. The van der Waals surface area contributed by atoms with E-state index in [1.54, 1.807) is 26.0 Å². The number of alkyl halides is 3. The Kier molecular flexibility index (Phi) is 4.70. The summed E-state index contributed by atoms with van der Waals surface area (Å²) >= 11 is 0. The number of hydrogen-bond donors (Lipinski definition) is 2. The van der Waals surface area contributed by atoms with Crippen LogP contribution in [0.3, 0.4) is 0 Å². The van der Waals surface area contributed by atoms with Gasteiger partial charge < -0.3 is 15.2 Å². The molecule has 1 atom stereocenters. The summed E-state index contributed by atoms with van der Waals surface area (Å²) in [7, 11) is 0. The van der Waals surface area contributed by atoms with E-state index in [0.29, 0.717) is 23.2 Å². The summed E-state index contributed by atoms with van der Waals surface area (Å²) in [6.07, 6.45) is -4.23. The lowest BCUT2D eigenvalue weighted by molar-refractivity contribution is -0.274. The normalized spacial score (nSPS) is 14.6. The number of pyridine rings is 1. The van der Waals surface area contributed by atoms with E-state index in [1.807, 2.05) is 6.92 Å².